The van der Waals surface area contributed by atoms with Crippen LogP contribution in [0.25, 0.3) is 0 Å². The van der Waals surface area contributed by atoms with Gasteiger partial charge in [0.15, 0.2) is 0 Å². The van der Waals surface area contributed by atoms with E-state index >= 15 is 0 Å². The number of aromatic nitrogens is 3. The highest BCUT2D eigenvalue weighted by atomic mass is 32.1. The van der Waals surface area contributed by atoms with Crippen LogP contribution in [0.3, 0.4) is 0 Å². The van der Waals surface area contributed by atoms with Crippen molar-refractivity contribution < 1.29 is 4.79 Å². The number of aryl methyl sites for hydroxylation is 2. The van der Waals surface area contributed by atoms with Gasteiger partial charge in [-0.05, 0) is 26.2 Å². The summed E-state index contributed by atoms with van der Waals surface area (Å²) in [7, 11) is 1.89. The average molecular weight is 334 g/mol. The highest BCUT2D eigenvalue weighted by molar-refractivity contribution is 7.07. The van der Waals surface area contributed by atoms with E-state index in [1.54, 1.807) is 9.25 Å². The number of rotatable bonds is 4. The summed E-state index contributed by atoms with van der Waals surface area (Å²) >= 11 is 1.19. The molecule has 2 aromatic rings. The smallest absolute Gasteiger partial charge is 0.307 e. The molecule has 124 valence electrons. The number of nitrogens with zero attached hydrogens (tertiary/aromatic N) is 4. The van der Waals surface area contributed by atoms with Crippen LogP contribution in [-0.4, -0.2) is 31.7 Å². The summed E-state index contributed by atoms with van der Waals surface area (Å²) < 4.78 is 3.46. The van der Waals surface area contributed by atoms with E-state index in [0.717, 1.165) is 37.1 Å². The lowest BCUT2D eigenvalue weighted by Crippen LogP contribution is -2.39. The number of thiazole rings is 1. The number of amides is 1. The van der Waals surface area contributed by atoms with Crippen molar-refractivity contribution in [2.75, 3.05) is 6.54 Å². The van der Waals surface area contributed by atoms with Crippen LogP contribution in [-0.2, 0) is 18.4 Å². The van der Waals surface area contributed by atoms with E-state index in [-0.39, 0.29) is 16.8 Å². The van der Waals surface area contributed by atoms with Gasteiger partial charge in [0.25, 0.3) is 0 Å². The molecule has 0 N–H and O–H groups in total. The topological polar surface area (TPSA) is 60.1 Å². The maximum Gasteiger partial charge on any atom is 0.307 e. The fourth-order valence-corrected chi connectivity index (χ4v) is 3.98. The van der Waals surface area contributed by atoms with E-state index < -0.39 is 0 Å². The van der Waals surface area contributed by atoms with E-state index in [1.165, 1.54) is 11.3 Å². The van der Waals surface area contributed by atoms with Crippen LogP contribution < -0.4 is 4.87 Å². The highest BCUT2D eigenvalue weighted by Gasteiger charge is 2.28. The Morgan fingerprint density at radius 3 is 2.91 bits per heavy atom. The van der Waals surface area contributed by atoms with Gasteiger partial charge < -0.3 is 9.47 Å². The van der Waals surface area contributed by atoms with Crippen LogP contribution in [0, 0.1) is 6.92 Å². The summed E-state index contributed by atoms with van der Waals surface area (Å²) in [4.78, 5) is 26.4. The lowest BCUT2D eigenvalue weighted by Gasteiger charge is -2.35. The Labute approximate surface area is 139 Å². The number of carbonyl (C=O) groups excluding carboxylic acids is 1. The van der Waals surface area contributed by atoms with Gasteiger partial charge in [0.05, 0.1) is 12.2 Å². The summed E-state index contributed by atoms with van der Waals surface area (Å²) in [6.07, 6.45) is 7.36. The predicted molar refractivity (Wildman–Crippen MR) is 89.4 cm³/mol. The lowest BCUT2D eigenvalue weighted by molar-refractivity contribution is -0.135. The van der Waals surface area contributed by atoms with E-state index in [9.17, 15) is 9.59 Å². The minimum atomic E-state index is 0.0118. The number of hydrogen-bond acceptors (Lipinski definition) is 4. The summed E-state index contributed by atoms with van der Waals surface area (Å²) in [6.45, 7) is 3.15. The molecular formula is C16H22N4O2S. The van der Waals surface area contributed by atoms with E-state index in [0.29, 0.717) is 13.0 Å². The van der Waals surface area contributed by atoms with Gasteiger partial charge in [-0.15, -0.1) is 0 Å². The molecule has 0 spiro atoms. The predicted octanol–water partition coefficient (Wildman–Crippen LogP) is 2.10. The molecule has 1 aliphatic heterocycles. The third kappa shape index (κ3) is 3.39. The highest BCUT2D eigenvalue weighted by Crippen LogP contribution is 2.31. The van der Waals surface area contributed by atoms with Crippen molar-refractivity contribution in [2.24, 2.45) is 7.05 Å². The number of piperidine rings is 1. The molecule has 0 saturated carbocycles. The zero-order valence-electron chi connectivity index (χ0n) is 13.6. The summed E-state index contributed by atoms with van der Waals surface area (Å²) in [5.74, 6) is 0.121. The van der Waals surface area contributed by atoms with Crippen LogP contribution in [0.2, 0.25) is 0 Å². The van der Waals surface area contributed by atoms with Crippen molar-refractivity contribution in [1.82, 2.24) is 19.2 Å². The second-order valence-electron chi connectivity index (χ2n) is 6.09. The SMILES string of the molecule is Cc1csc(=O)n1CCC(=O)N1CCCCC1c1cnn(C)c1. The van der Waals surface area contributed by atoms with Crippen molar-refractivity contribution in [3.63, 3.8) is 0 Å². The second-order valence-corrected chi connectivity index (χ2v) is 6.91. The lowest BCUT2D eigenvalue weighted by atomic mass is 9.97. The average Bonchev–Trinajstić information content (AvgIpc) is 3.11. The minimum Gasteiger partial charge on any atom is -0.335 e. The van der Waals surface area contributed by atoms with Crippen molar-refractivity contribution >= 4 is 17.2 Å². The fraction of sp³-hybridized carbons (Fsp3) is 0.562. The zero-order valence-corrected chi connectivity index (χ0v) is 14.4. The van der Waals surface area contributed by atoms with Gasteiger partial charge >= 0.3 is 4.87 Å². The van der Waals surface area contributed by atoms with Crippen molar-refractivity contribution in [3.8, 4) is 0 Å². The molecule has 7 heteroatoms. The third-order valence-electron chi connectivity index (χ3n) is 4.46. The Bertz CT molecular complexity index is 745. The van der Waals surface area contributed by atoms with Gasteiger partial charge in [-0.25, -0.2) is 0 Å². The summed E-state index contributed by atoms with van der Waals surface area (Å²) in [6, 6.07) is 0.116. The van der Waals surface area contributed by atoms with Gasteiger partial charge in [0.1, 0.15) is 0 Å². The quantitative estimate of drug-likeness (QED) is 0.860. The van der Waals surface area contributed by atoms with Gasteiger partial charge in [-0.1, -0.05) is 11.3 Å². The third-order valence-corrected chi connectivity index (χ3v) is 5.34. The molecule has 3 heterocycles. The standard InChI is InChI=1S/C16H22N4O2S/c1-12-11-23-16(22)19(12)8-6-15(21)20-7-4-3-5-14(20)13-9-17-18(2)10-13/h9-11,14H,3-8H2,1-2H3. The Balaban J connectivity index is 1.70. The fourth-order valence-electron chi connectivity index (χ4n) is 3.21. The van der Waals surface area contributed by atoms with Gasteiger partial charge in [0, 0.05) is 49.4 Å². The molecule has 0 aliphatic carbocycles. The summed E-state index contributed by atoms with van der Waals surface area (Å²) in [5.41, 5.74) is 2.03. The Hall–Kier alpha value is -1.89. The van der Waals surface area contributed by atoms with Gasteiger partial charge in [0.2, 0.25) is 5.91 Å². The first-order valence-electron chi connectivity index (χ1n) is 7.99. The molecule has 1 aliphatic rings. The van der Waals surface area contributed by atoms with Crippen molar-refractivity contribution in [2.45, 2.75) is 45.2 Å². The molecule has 1 unspecified atom stereocenters. The monoisotopic (exact) mass is 334 g/mol. The van der Waals surface area contributed by atoms with Crippen molar-refractivity contribution in [1.29, 1.82) is 0 Å². The Kier molecular flexibility index (Phi) is 4.66. The molecule has 1 saturated heterocycles. The molecule has 0 aromatic carbocycles. The molecule has 3 rings (SSSR count). The normalized spacial score (nSPS) is 18.3. The van der Waals surface area contributed by atoms with Crippen LogP contribution in [0.1, 0.15) is 43.0 Å². The molecule has 0 bridgehead atoms. The van der Waals surface area contributed by atoms with E-state index in [1.807, 2.05) is 36.6 Å². The maximum absolute atomic E-state index is 12.7. The van der Waals surface area contributed by atoms with Gasteiger partial charge in [-0.3, -0.25) is 14.3 Å². The van der Waals surface area contributed by atoms with Crippen molar-refractivity contribution in [3.05, 3.63) is 38.7 Å². The van der Waals surface area contributed by atoms with Gasteiger partial charge in [-0.2, -0.15) is 5.10 Å². The zero-order chi connectivity index (χ0) is 16.4. The number of likely N-dealkylation sites (tertiary alicyclic amines) is 1. The number of hydrogen-bond donors (Lipinski definition) is 0. The van der Waals surface area contributed by atoms with Crippen LogP contribution >= 0.6 is 11.3 Å². The summed E-state index contributed by atoms with van der Waals surface area (Å²) in [5, 5.41) is 6.07. The number of carbonyl (C=O) groups is 1. The largest absolute Gasteiger partial charge is 0.335 e. The van der Waals surface area contributed by atoms with E-state index in [2.05, 4.69) is 5.10 Å². The molecular weight excluding hydrogens is 312 g/mol. The molecule has 2 aromatic heterocycles. The van der Waals surface area contributed by atoms with Crippen LogP contribution in [0.5, 0.6) is 0 Å². The Morgan fingerprint density at radius 1 is 1.43 bits per heavy atom. The molecule has 1 fully saturated rings. The molecule has 1 atom stereocenters. The minimum absolute atomic E-state index is 0.0118. The van der Waals surface area contributed by atoms with Crippen LogP contribution in [0.15, 0.2) is 22.6 Å². The first-order valence-corrected chi connectivity index (χ1v) is 8.87. The van der Waals surface area contributed by atoms with Crippen LogP contribution in [0.4, 0.5) is 0 Å². The second kappa shape index (κ2) is 6.70. The Morgan fingerprint density at radius 2 is 2.26 bits per heavy atom. The first-order chi connectivity index (χ1) is 11.1. The first kappa shape index (κ1) is 16.0. The maximum atomic E-state index is 12.7. The molecule has 6 nitrogen and oxygen atoms in total. The molecule has 1 amide bonds. The molecule has 0 radical (unpaired) electrons. The van der Waals surface area contributed by atoms with E-state index in [4.69, 9.17) is 0 Å². The molecule has 23 heavy (non-hydrogen) atoms.